The van der Waals surface area contributed by atoms with E-state index in [0.29, 0.717) is 28.4 Å². The van der Waals surface area contributed by atoms with E-state index in [-0.39, 0.29) is 12.3 Å². The predicted octanol–water partition coefficient (Wildman–Crippen LogP) is 4.89. The molecule has 1 aliphatic rings. The number of aromatic nitrogens is 2. The Bertz CT molecular complexity index is 825. The molecule has 0 radical (unpaired) electrons. The highest BCUT2D eigenvalue weighted by molar-refractivity contribution is 6.35. The lowest BCUT2D eigenvalue weighted by Gasteiger charge is -2.33. The molecule has 1 fully saturated rings. The summed E-state index contributed by atoms with van der Waals surface area (Å²) in [6, 6.07) is 7.49. The van der Waals surface area contributed by atoms with E-state index in [4.69, 9.17) is 23.2 Å². The Morgan fingerprint density at radius 1 is 1.21 bits per heavy atom. The molecule has 1 aromatic carbocycles. The van der Waals surface area contributed by atoms with Crippen molar-refractivity contribution in [3.8, 4) is 0 Å². The molecule has 6 nitrogen and oxygen atoms in total. The first-order valence-corrected chi connectivity index (χ1v) is 10.7. The maximum atomic E-state index is 12.5. The molecule has 1 aliphatic heterocycles. The van der Waals surface area contributed by atoms with Gasteiger partial charge in [0.05, 0.1) is 6.54 Å². The van der Waals surface area contributed by atoms with Crippen LogP contribution in [0.3, 0.4) is 0 Å². The van der Waals surface area contributed by atoms with Gasteiger partial charge in [0.15, 0.2) is 5.78 Å². The fourth-order valence-corrected chi connectivity index (χ4v) is 4.11. The Morgan fingerprint density at radius 3 is 2.69 bits per heavy atom. The molecule has 1 aromatic heterocycles. The van der Waals surface area contributed by atoms with Crippen LogP contribution in [0.25, 0.3) is 0 Å². The van der Waals surface area contributed by atoms with E-state index in [2.05, 4.69) is 39.3 Å². The first kappa shape index (κ1) is 21.7. The van der Waals surface area contributed by atoms with Crippen molar-refractivity contribution in [2.75, 3.05) is 35.2 Å². The van der Waals surface area contributed by atoms with E-state index in [1.54, 1.807) is 24.5 Å². The van der Waals surface area contributed by atoms with Gasteiger partial charge in [0.2, 0.25) is 0 Å². The Labute approximate surface area is 182 Å². The number of carbonyl (C=O) groups is 1. The maximum Gasteiger partial charge on any atom is 0.152 e. The molecule has 29 heavy (non-hydrogen) atoms. The Kier molecular flexibility index (Phi) is 7.56. The van der Waals surface area contributed by atoms with Crippen LogP contribution in [0.2, 0.25) is 10.0 Å². The molecule has 0 aliphatic carbocycles. The Balaban J connectivity index is 1.53. The van der Waals surface area contributed by atoms with Crippen LogP contribution in [-0.4, -0.2) is 41.4 Å². The van der Waals surface area contributed by atoms with Crippen LogP contribution in [0, 0.1) is 5.92 Å². The molecular weight excluding hydrogens is 409 g/mol. The van der Waals surface area contributed by atoms with Gasteiger partial charge in [0.25, 0.3) is 0 Å². The lowest BCUT2D eigenvalue weighted by atomic mass is 9.93. The van der Waals surface area contributed by atoms with Crippen LogP contribution in [-0.2, 0) is 4.79 Å². The van der Waals surface area contributed by atoms with E-state index >= 15 is 0 Å². The molecule has 1 saturated heterocycles. The molecule has 1 atom stereocenters. The van der Waals surface area contributed by atoms with Gasteiger partial charge in [-0.1, -0.05) is 23.2 Å². The minimum Gasteiger partial charge on any atom is -0.378 e. The minimum absolute atomic E-state index is 0.179. The van der Waals surface area contributed by atoms with Crippen LogP contribution < -0.4 is 15.5 Å². The summed E-state index contributed by atoms with van der Waals surface area (Å²) in [5.74, 6) is 2.23. The molecular formula is C21H27Cl2N5O. The molecule has 0 saturated carbocycles. The average molecular weight is 436 g/mol. The lowest BCUT2D eigenvalue weighted by Crippen LogP contribution is -2.37. The fourth-order valence-electron chi connectivity index (χ4n) is 3.59. The van der Waals surface area contributed by atoms with Crippen molar-refractivity contribution < 1.29 is 4.79 Å². The molecule has 3 rings (SSSR count). The smallest absolute Gasteiger partial charge is 0.152 e. The van der Waals surface area contributed by atoms with Crippen LogP contribution in [0.15, 0.2) is 30.6 Å². The summed E-state index contributed by atoms with van der Waals surface area (Å²) < 4.78 is 0. The molecule has 2 heterocycles. The molecule has 0 spiro atoms. The molecule has 2 aromatic rings. The number of ketones is 1. The highest BCUT2D eigenvalue weighted by Gasteiger charge is 2.23. The summed E-state index contributed by atoms with van der Waals surface area (Å²) in [4.78, 5) is 23.4. The first-order valence-electron chi connectivity index (χ1n) is 9.94. The van der Waals surface area contributed by atoms with Gasteiger partial charge >= 0.3 is 0 Å². The van der Waals surface area contributed by atoms with Gasteiger partial charge < -0.3 is 15.5 Å². The van der Waals surface area contributed by atoms with E-state index in [0.717, 1.165) is 43.3 Å². The van der Waals surface area contributed by atoms with Crippen molar-refractivity contribution in [3.05, 3.63) is 40.6 Å². The van der Waals surface area contributed by atoms with E-state index in [9.17, 15) is 4.79 Å². The molecule has 0 amide bonds. The summed E-state index contributed by atoms with van der Waals surface area (Å²) in [7, 11) is 0. The number of nitrogens with one attached hydrogen (secondary N) is 2. The topological polar surface area (TPSA) is 70.2 Å². The zero-order chi connectivity index (χ0) is 20.8. The second kappa shape index (κ2) is 10.1. The number of anilines is 3. The number of hydrogen-bond acceptors (Lipinski definition) is 6. The van der Waals surface area contributed by atoms with Gasteiger partial charge in [-0.05, 0) is 50.8 Å². The largest absolute Gasteiger partial charge is 0.378 e. The third-order valence-corrected chi connectivity index (χ3v) is 5.24. The number of carbonyl (C=O) groups excluding carboxylic acids is 1. The lowest BCUT2D eigenvalue weighted by molar-refractivity contribution is -0.118. The first-order chi connectivity index (χ1) is 13.9. The van der Waals surface area contributed by atoms with E-state index in [1.165, 1.54) is 0 Å². The highest BCUT2D eigenvalue weighted by atomic mass is 35.5. The third kappa shape index (κ3) is 6.75. The van der Waals surface area contributed by atoms with Crippen molar-refractivity contribution >= 4 is 46.3 Å². The van der Waals surface area contributed by atoms with Gasteiger partial charge in [0.1, 0.15) is 18.0 Å². The van der Waals surface area contributed by atoms with Crippen molar-refractivity contribution in [2.45, 2.75) is 39.2 Å². The van der Waals surface area contributed by atoms with Gasteiger partial charge in [-0.15, -0.1) is 0 Å². The van der Waals surface area contributed by atoms with Crippen molar-refractivity contribution in [2.24, 2.45) is 5.92 Å². The number of halogens is 2. The average Bonchev–Trinajstić information content (AvgIpc) is 2.66. The quantitative estimate of drug-likeness (QED) is 0.614. The molecule has 0 unspecified atom stereocenters. The normalized spacial score (nSPS) is 16.7. The zero-order valence-corrected chi connectivity index (χ0v) is 18.3. The van der Waals surface area contributed by atoms with Crippen molar-refractivity contribution in [3.63, 3.8) is 0 Å². The number of benzene rings is 1. The highest BCUT2D eigenvalue weighted by Crippen LogP contribution is 2.26. The predicted molar refractivity (Wildman–Crippen MR) is 120 cm³/mol. The molecule has 156 valence electrons. The third-order valence-electron chi connectivity index (χ3n) is 4.80. The number of Topliss-reactive ketones (excluding diaryl/α,β-unsaturated/α-hetero) is 1. The zero-order valence-electron chi connectivity index (χ0n) is 16.8. The minimum atomic E-state index is 0.179. The molecule has 0 bridgehead atoms. The monoisotopic (exact) mass is 435 g/mol. The Morgan fingerprint density at radius 2 is 1.97 bits per heavy atom. The van der Waals surface area contributed by atoms with Gasteiger partial charge in [-0.2, -0.15) is 0 Å². The molecule has 8 heteroatoms. The molecule has 2 N–H and O–H groups in total. The fraction of sp³-hybridized carbons (Fsp3) is 0.476. The number of nitrogens with zero attached hydrogens (tertiary/aromatic N) is 3. The van der Waals surface area contributed by atoms with Gasteiger partial charge in [-0.3, -0.25) is 4.79 Å². The van der Waals surface area contributed by atoms with Crippen LogP contribution in [0.5, 0.6) is 0 Å². The SMILES string of the molecule is CC(C)Nc1cc(N2CCC[C@@H](CC(=O)CNc3cc(Cl)cc(Cl)c3)C2)ncn1. The second-order valence-corrected chi connectivity index (χ2v) is 8.64. The number of hydrogen-bond donors (Lipinski definition) is 2. The Hall–Kier alpha value is -2.05. The van der Waals surface area contributed by atoms with E-state index in [1.807, 2.05) is 6.07 Å². The van der Waals surface area contributed by atoms with Crippen molar-refractivity contribution in [1.82, 2.24) is 9.97 Å². The maximum absolute atomic E-state index is 12.5. The second-order valence-electron chi connectivity index (χ2n) is 7.77. The van der Waals surface area contributed by atoms with Crippen LogP contribution >= 0.6 is 23.2 Å². The van der Waals surface area contributed by atoms with E-state index < -0.39 is 0 Å². The summed E-state index contributed by atoms with van der Waals surface area (Å²) in [6.07, 6.45) is 4.23. The number of rotatable bonds is 8. The summed E-state index contributed by atoms with van der Waals surface area (Å²) >= 11 is 12.0. The summed E-state index contributed by atoms with van der Waals surface area (Å²) in [6.45, 7) is 6.20. The van der Waals surface area contributed by atoms with Crippen LogP contribution in [0.1, 0.15) is 33.1 Å². The standard InChI is InChI=1S/C21H27Cl2N5O/c1-14(2)27-20-10-21(26-13-25-20)28-5-3-4-15(12-28)6-19(29)11-24-18-8-16(22)7-17(23)9-18/h7-10,13-15,24H,3-6,11-12H2,1-2H3,(H,25,26,27)/t15-/m0/s1. The van der Waals surface area contributed by atoms with Gasteiger partial charge in [-0.25, -0.2) is 9.97 Å². The van der Waals surface area contributed by atoms with Crippen molar-refractivity contribution in [1.29, 1.82) is 0 Å². The van der Waals surface area contributed by atoms with Gasteiger partial charge in [0, 0.05) is 47.4 Å². The van der Waals surface area contributed by atoms with Crippen LogP contribution in [0.4, 0.5) is 17.3 Å². The number of piperidine rings is 1. The summed E-state index contributed by atoms with van der Waals surface area (Å²) in [5.41, 5.74) is 0.757. The summed E-state index contributed by atoms with van der Waals surface area (Å²) in [5, 5.41) is 7.53.